The molecule has 3 N–H and O–H groups in total. The Balaban J connectivity index is 2.40. The lowest BCUT2D eigenvalue weighted by Gasteiger charge is -2.15. The number of furan rings is 1. The number of nitrogens with one attached hydrogen (secondary N) is 1. The number of hydrazine groups is 1. The number of nitrogens with two attached hydrogens (primary N) is 1. The summed E-state index contributed by atoms with van der Waals surface area (Å²) in [4.78, 5) is 0. The average Bonchev–Trinajstić information content (AvgIpc) is 2.90. The molecule has 0 saturated heterocycles. The van der Waals surface area contributed by atoms with E-state index in [1.54, 1.807) is 12.5 Å². The number of aromatic nitrogens is 2. The Morgan fingerprint density at radius 1 is 1.56 bits per heavy atom. The van der Waals surface area contributed by atoms with Crippen molar-refractivity contribution in [2.75, 3.05) is 0 Å². The van der Waals surface area contributed by atoms with Crippen LogP contribution in [0.2, 0.25) is 0 Å². The second-order valence-electron chi connectivity index (χ2n) is 3.64. The topological polar surface area (TPSA) is 69.0 Å². The minimum atomic E-state index is -0.155. The van der Waals surface area contributed by atoms with E-state index in [0.717, 1.165) is 23.6 Å². The zero-order valence-electron chi connectivity index (χ0n) is 9.47. The van der Waals surface area contributed by atoms with Gasteiger partial charge in [-0.3, -0.25) is 10.5 Å². The molecule has 0 saturated carbocycles. The van der Waals surface area contributed by atoms with Gasteiger partial charge in [0.1, 0.15) is 11.8 Å². The first-order valence-electron chi connectivity index (χ1n) is 5.29. The molecule has 2 aromatic rings. The molecule has 2 heterocycles. The van der Waals surface area contributed by atoms with Gasteiger partial charge in [0.15, 0.2) is 0 Å². The van der Waals surface area contributed by atoms with Gasteiger partial charge in [-0.1, -0.05) is 0 Å². The van der Waals surface area contributed by atoms with Crippen molar-refractivity contribution >= 4 is 0 Å². The summed E-state index contributed by atoms with van der Waals surface area (Å²) in [6.45, 7) is 4.84. The Kier molecular flexibility index (Phi) is 3.07. The maximum absolute atomic E-state index is 5.60. The molecule has 1 atom stereocenters. The molecule has 2 rings (SSSR count). The smallest absolute Gasteiger partial charge is 0.130 e. The summed E-state index contributed by atoms with van der Waals surface area (Å²) < 4.78 is 7.35. The first-order valence-corrected chi connectivity index (χ1v) is 5.29. The van der Waals surface area contributed by atoms with Gasteiger partial charge in [0.25, 0.3) is 0 Å². The van der Waals surface area contributed by atoms with Gasteiger partial charge in [0.05, 0.1) is 12.0 Å². The van der Waals surface area contributed by atoms with Crippen molar-refractivity contribution in [2.45, 2.75) is 26.4 Å². The number of nitrogens with zero attached hydrogens (tertiary/aromatic N) is 2. The van der Waals surface area contributed by atoms with Gasteiger partial charge in [0, 0.05) is 12.7 Å². The molecule has 2 aromatic heterocycles. The Morgan fingerprint density at radius 3 is 2.94 bits per heavy atom. The van der Waals surface area contributed by atoms with Crippen LogP contribution in [-0.2, 0) is 6.54 Å². The standard InChI is InChI=1S/C11H16N4O/c1-3-15-9(4-6-13-15)10(14-12)11-8(2)5-7-16-11/h4-7,10,14H,3,12H2,1-2H3. The highest BCUT2D eigenvalue weighted by Gasteiger charge is 2.21. The van der Waals surface area contributed by atoms with Crippen LogP contribution in [0.1, 0.15) is 30.0 Å². The summed E-state index contributed by atoms with van der Waals surface area (Å²) in [6, 6.07) is 3.71. The highest BCUT2D eigenvalue weighted by atomic mass is 16.3. The lowest BCUT2D eigenvalue weighted by molar-refractivity contribution is 0.429. The maximum Gasteiger partial charge on any atom is 0.130 e. The highest BCUT2D eigenvalue weighted by Crippen LogP contribution is 2.24. The molecule has 16 heavy (non-hydrogen) atoms. The van der Waals surface area contributed by atoms with Crippen molar-refractivity contribution in [3.05, 3.63) is 41.6 Å². The van der Waals surface area contributed by atoms with Gasteiger partial charge < -0.3 is 4.42 Å². The van der Waals surface area contributed by atoms with E-state index >= 15 is 0 Å². The molecule has 86 valence electrons. The lowest BCUT2D eigenvalue weighted by atomic mass is 10.1. The van der Waals surface area contributed by atoms with Gasteiger partial charge in [-0.05, 0) is 31.5 Å². The van der Waals surface area contributed by atoms with Crippen molar-refractivity contribution in [3.8, 4) is 0 Å². The molecule has 0 aromatic carbocycles. The highest BCUT2D eigenvalue weighted by molar-refractivity contribution is 5.26. The molecule has 0 radical (unpaired) electrons. The number of hydrogen-bond acceptors (Lipinski definition) is 4. The lowest BCUT2D eigenvalue weighted by Crippen LogP contribution is -2.30. The summed E-state index contributed by atoms with van der Waals surface area (Å²) in [5.41, 5.74) is 4.85. The largest absolute Gasteiger partial charge is 0.467 e. The van der Waals surface area contributed by atoms with Crippen LogP contribution in [0.4, 0.5) is 0 Å². The van der Waals surface area contributed by atoms with Crippen molar-refractivity contribution in [1.82, 2.24) is 15.2 Å². The van der Waals surface area contributed by atoms with Crippen LogP contribution in [0.15, 0.2) is 29.0 Å². The minimum absolute atomic E-state index is 0.155. The Hall–Kier alpha value is -1.59. The van der Waals surface area contributed by atoms with Gasteiger partial charge in [-0.15, -0.1) is 0 Å². The van der Waals surface area contributed by atoms with E-state index in [-0.39, 0.29) is 6.04 Å². The van der Waals surface area contributed by atoms with E-state index in [1.807, 2.05) is 30.7 Å². The summed E-state index contributed by atoms with van der Waals surface area (Å²) >= 11 is 0. The Morgan fingerprint density at radius 2 is 2.38 bits per heavy atom. The van der Waals surface area contributed by atoms with Crippen LogP contribution in [0, 0.1) is 6.92 Å². The summed E-state index contributed by atoms with van der Waals surface area (Å²) in [5.74, 6) is 6.43. The Labute approximate surface area is 94.2 Å². The number of aryl methyl sites for hydroxylation is 2. The van der Waals surface area contributed by atoms with E-state index in [9.17, 15) is 0 Å². The second kappa shape index (κ2) is 4.51. The number of hydrogen-bond donors (Lipinski definition) is 2. The first-order chi connectivity index (χ1) is 7.77. The Bertz CT molecular complexity index is 460. The first kappa shape index (κ1) is 10.9. The molecule has 5 heteroatoms. The molecule has 0 amide bonds. The summed E-state index contributed by atoms with van der Waals surface area (Å²) in [7, 11) is 0. The molecule has 0 bridgehead atoms. The third-order valence-electron chi connectivity index (χ3n) is 2.68. The average molecular weight is 220 g/mol. The van der Waals surface area contributed by atoms with Crippen LogP contribution in [0.25, 0.3) is 0 Å². The third-order valence-corrected chi connectivity index (χ3v) is 2.68. The minimum Gasteiger partial charge on any atom is -0.467 e. The SMILES string of the molecule is CCn1nccc1C(NN)c1occc1C. The molecule has 0 aliphatic heterocycles. The van der Waals surface area contributed by atoms with Crippen molar-refractivity contribution in [1.29, 1.82) is 0 Å². The second-order valence-corrected chi connectivity index (χ2v) is 3.64. The van der Waals surface area contributed by atoms with Crippen molar-refractivity contribution in [2.24, 2.45) is 5.84 Å². The summed E-state index contributed by atoms with van der Waals surface area (Å²) in [6.07, 6.45) is 3.43. The van der Waals surface area contributed by atoms with Crippen LogP contribution in [-0.4, -0.2) is 9.78 Å². The van der Waals surface area contributed by atoms with Gasteiger partial charge >= 0.3 is 0 Å². The fraction of sp³-hybridized carbons (Fsp3) is 0.364. The van der Waals surface area contributed by atoms with Gasteiger partial charge in [-0.2, -0.15) is 5.10 Å². The van der Waals surface area contributed by atoms with Crippen LogP contribution in [0.3, 0.4) is 0 Å². The molecule has 0 aliphatic rings. The predicted octanol–water partition coefficient (Wildman–Crippen LogP) is 1.36. The fourth-order valence-electron chi connectivity index (χ4n) is 1.83. The quantitative estimate of drug-likeness (QED) is 0.603. The molecular formula is C11H16N4O. The van der Waals surface area contributed by atoms with Gasteiger partial charge in [0.2, 0.25) is 0 Å². The normalized spacial score (nSPS) is 12.9. The fourth-order valence-corrected chi connectivity index (χ4v) is 1.83. The van der Waals surface area contributed by atoms with E-state index < -0.39 is 0 Å². The monoisotopic (exact) mass is 220 g/mol. The summed E-state index contributed by atoms with van der Waals surface area (Å²) in [5, 5.41) is 4.22. The zero-order valence-corrected chi connectivity index (χ0v) is 9.47. The molecule has 0 fully saturated rings. The van der Waals surface area contributed by atoms with Gasteiger partial charge in [-0.25, -0.2) is 5.43 Å². The van der Waals surface area contributed by atoms with Crippen LogP contribution >= 0.6 is 0 Å². The zero-order chi connectivity index (χ0) is 11.5. The molecule has 5 nitrogen and oxygen atoms in total. The van der Waals surface area contributed by atoms with E-state index in [2.05, 4.69) is 10.5 Å². The molecule has 0 spiro atoms. The predicted molar refractivity (Wildman–Crippen MR) is 60.5 cm³/mol. The van der Waals surface area contributed by atoms with Crippen LogP contribution in [0.5, 0.6) is 0 Å². The maximum atomic E-state index is 5.60. The van der Waals surface area contributed by atoms with E-state index in [4.69, 9.17) is 10.3 Å². The van der Waals surface area contributed by atoms with Crippen molar-refractivity contribution < 1.29 is 4.42 Å². The van der Waals surface area contributed by atoms with E-state index in [0.29, 0.717) is 0 Å². The van der Waals surface area contributed by atoms with E-state index in [1.165, 1.54) is 0 Å². The molecular weight excluding hydrogens is 204 g/mol. The van der Waals surface area contributed by atoms with Crippen molar-refractivity contribution in [3.63, 3.8) is 0 Å². The molecule has 1 unspecified atom stereocenters. The third kappa shape index (κ3) is 1.75. The molecule has 0 aliphatic carbocycles. The number of rotatable bonds is 4. The van der Waals surface area contributed by atoms with Crippen LogP contribution < -0.4 is 11.3 Å².